The van der Waals surface area contributed by atoms with Crippen molar-refractivity contribution in [3.63, 3.8) is 0 Å². The molecule has 0 spiro atoms. The summed E-state index contributed by atoms with van der Waals surface area (Å²) in [6.07, 6.45) is 6.11. The molecule has 4 nitrogen and oxygen atoms in total. The summed E-state index contributed by atoms with van der Waals surface area (Å²) in [7, 11) is 0. The molecule has 0 aromatic heterocycles. The van der Waals surface area contributed by atoms with Crippen molar-refractivity contribution in [2.45, 2.75) is 25.7 Å². The number of benzene rings is 1. The fourth-order valence-corrected chi connectivity index (χ4v) is 2.81. The molecule has 1 aromatic carbocycles. The fraction of sp³-hybridized carbons (Fsp3) is 0.375. The van der Waals surface area contributed by atoms with Crippen LogP contribution in [0.4, 0.5) is 0 Å². The molecule has 0 unspecified atom stereocenters. The van der Waals surface area contributed by atoms with Crippen molar-refractivity contribution in [1.29, 1.82) is 0 Å². The maximum absolute atomic E-state index is 11.8. The highest BCUT2D eigenvalue weighted by atomic mass is 35.5. The predicted molar refractivity (Wildman–Crippen MR) is 82.0 cm³/mol. The molecule has 1 amide bonds. The van der Waals surface area contributed by atoms with Crippen molar-refractivity contribution in [2.75, 3.05) is 6.54 Å². The molecule has 1 aromatic rings. The first kappa shape index (κ1) is 15.6. The molecule has 0 atom stereocenters. The summed E-state index contributed by atoms with van der Waals surface area (Å²) in [5.41, 5.74) is 0.0333. The first-order valence-corrected chi connectivity index (χ1v) is 7.35. The monoisotopic (exact) mass is 307 g/mol. The van der Waals surface area contributed by atoms with Crippen LogP contribution in [0.25, 0.3) is 6.08 Å². The molecular weight excluding hydrogens is 290 g/mol. The smallest absolute Gasteiger partial charge is 0.311 e. The third-order valence-electron chi connectivity index (χ3n) is 3.89. The highest BCUT2D eigenvalue weighted by Gasteiger charge is 2.41. The van der Waals surface area contributed by atoms with E-state index in [9.17, 15) is 14.7 Å². The maximum atomic E-state index is 11.8. The molecule has 112 valence electrons. The van der Waals surface area contributed by atoms with E-state index in [0.717, 1.165) is 18.4 Å². The Hall–Kier alpha value is -1.81. The van der Waals surface area contributed by atoms with Gasteiger partial charge in [0.15, 0.2) is 0 Å². The second-order valence-electron chi connectivity index (χ2n) is 5.40. The number of carbonyl (C=O) groups excluding carboxylic acids is 1. The number of rotatable bonds is 5. The van der Waals surface area contributed by atoms with Gasteiger partial charge in [-0.2, -0.15) is 0 Å². The summed E-state index contributed by atoms with van der Waals surface area (Å²) in [6.45, 7) is 0.182. The number of nitrogens with one attached hydrogen (secondary N) is 1. The summed E-state index contributed by atoms with van der Waals surface area (Å²) in [5, 5.41) is 12.6. The minimum atomic E-state index is -0.820. The van der Waals surface area contributed by atoms with Gasteiger partial charge in [0.25, 0.3) is 0 Å². The summed E-state index contributed by atoms with van der Waals surface area (Å²) >= 11 is 5.86. The average Bonchev–Trinajstić information content (AvgIpc) is 2.93. The van der Waals surface area contributed by atoms with E-state index in [4.69, 9.17) is 11.6 Å². The molecule has 1 saturated carbocycles. The van der Waals surface area contributed by atoms with Crippen LogP contribution < -0.4 is 5.32 Å². The second-order valence-corrected chi connectivity index (χ2v) is 5.84. The van der Waals surface area contributed by atoms with Crippen molar-refractivity contribution >= 4 is 29.6 Å². The van der Waals surface area contributed by atoms with Gasteiger partial charge in [-0.15, -0.1) is 0 Å². The fourth-order valence-electron chi connectivity index (χ4n) is 2.62. The lowest BCUT2D eigenvalue weighted by molar-refractivity contribution is -0.148. The molecule has 2 rings (SSSR count). The molecule has 21 heavy (non-hydrogen) atoms. The van der Waals surface area contributed by atoms with E-state index in [1.54, 1.807) is 24.3 Å². The largest absolute Gasteiger partial charge is 0.481 e. The van der Waals surface area contributed by atoms with Gasteiger partial charge in [0.05, 0.1) is 5.41 Å². The summed E-state index contributed by atoms with van der Waals surface area (Å²) in [4.78, 5) is 23.2. The Morgan fingerprint density at radius 3 is 2.67 bits per heavy atom. The van der Waals surface area contributed by atoms with Gasteiger partial charge in [-0.25, -0.2) is 0 Å². The van der Waals surface area contributed by atoms with Gasteiger partial charge in [0.2, 0.25) is 5.91 Å². The molecule has 1 aliphatic rings. The Morgan fingerprint density at radius 2 is 2.05 bits per heavy atom. The highest BCUT2D eigenvalue weighted by molar-refractivity contribution is 6.30. The summed E-state index contributed by atoms with van der Waals surface area (Å²) < 4.78 is 0. The lowest BCUT2D eigenvalue weighted by atomic mass is 9.86. The zero-order chi connectivity index (χ0) is 15.3. The first-order valence-electron chi connectivity index (χ1n) is 6.97. The topological polar surface area (TPSA) is 66.4 Å². The number of carboxylic acids is 1. The van der Waals surface area contributed by atoms with Gasteiger partial charge >= 0.3 is 5.97 Å². The van der Waals surface area contributed by atoms with E-state index in [1.807, 2.05) is 6.07 Å². The van der Waals surface area contributed by atoms with Crippen LogP contribution in [0.5, 0.6) is 0 Å². The third-order valence-corrected chi connectivity index (χ3v) is 4.13. The van der Waals surface area contributed by atoms with Gasteiger partial charge in [0, 0.05) is 17.6 Å². The van der Waals surface area contributed by atoms with Gasteiger partial charge in [-0.05, 0) is 36.6 Å². The standard InChI is InChI=1S/C16H18ClNO3/c17-13-5-3-4-12(10-13)6-7-14(19)18-11-16(15(20)21)8-1-2-9-16/h3-7,10H,1-2,8-9,11H2,(H,18,19)(H,20,21)/b7-6+. The molecule has 0 radical (unpaired) electrons. The average molecular weight is 308 g/mol. The van der Waals surface area contributed by atoms with Crippen LogP contribution in [0.3, 0.4) is 0 Å². The summed E-state index contributed by atoms with van der Waals surface area (Å²) in [6, 6.07) is 7.15. The van der Waals surface area contributed by atoms with Crippen LogP contribution in [0.1, 0.15) is 31.2 Å². The molecule has 1 aliphatic carbocycles. The number of hydrogen-bond acceptors (Lipinski definition) is 2. The van der Waals surface area contributed by atoms with Gasteiger partial charge in [-0.3, -0.25) is 9.59 Å². The lowest BCUT2D eigenvalue weighted by Gasteiger charge is -2.23. The highest BCUT2D eigenvalue weighted by Crippen LogP contribution is 2.37. The molecular formula is C16H18ClNO3. The molecule has 0 saturated heterocycles. The number of aliphatic carboxylic acids is 1. The van der Waals surface area contributed by atoms with Crippen molar-refractivity contribution in [2.24, 2.45) is 5.41 Å². The van der Waals surface area contributed by atoms with Crippen molar-refractivity contribution in [3.05, 3.63) is 40.9 Å². The van der Waals surface area contributed by atoms with Crippen LogP contribution in [-0.2, 0) is 9.59 Å². The van der Waals surface area contributed by atoms with E-state index in [1.165, 1.54) is 6.08 Å². The number of carbonyl (C=O) groups is 2. The van der Waals surface area contributed by atoms with Crippen LogP contribution in [-0.4, -0.2) is 23.5 Å². The maximum Gasteiger partial charge on any atom is 0.311 e. The van der Waals surface area contributed by atoms with Crippen LogP contribution in [0, 0.1) is 5.41 Å². The van der Waals surface area contributed by atoms with Crippen LogP contribution in [0.2, 0.25) is 5.02 Å². The Labute approximate surface area is 128 Å². The normalized spacial score (nSPS) is 17.0. The predicted octanol–water partition coefficient (Wildman–Crippen LogP) is 3.11. The van der Waals surface area contributed by atoms with E-state index in [-0.39, 0.29) is 12.5 Å². The van der Waals surface area contributed by atoms with Crippen LogP contribution in [0.15, 0.2) is 30.3 Å². The molecule has 0 aliphatic heterocycles. The van der Waals surface area contributed by atoms with Crippen molar-refractivity contribution in [3.8, 4) is 0 Å². The quantitative estimate of drug-likeness (QED) is 0.821. The zero-order valence-corrected chi connectivity index (χ0v) is 12.4. The number of amides is 1. The Morgan fingerprint density at radius 1 is 1.33 bits per heavy atom. The molecule has 5 heteroatoms. The van der Waals surface area contributed by atoms with Crippen molar-refractivity contribution < 1.29 is 14.7 Å². The lowest BCUT2D eigenvalue weighted by Crippen LogP contribution is -2.40. The van der Waals surface area contributed by atoms with E-state index < -0.39 is 11.4 Å². The minimum Gasteiger partial charge on any atom is -0.481 e. The SMILES string of the molecule is O=C(/C=C/c1cccc(Cl)c1)NCC1(C(=O)O)CCCC1. The van der Waals surface area contributed by atoms with Crippen molar-refractivity contribution in [1.82, 2.24) is 5.32 Å². The van der Waals surface area contributed by atoms with E-state index in [2.05, 4.69) is 5.32 Å². The first-order chi connectivity index (χ1) is 10.0. The van der Waals surface area contributed by atoms with Gasteiger partial charge in [0.1, 0.15) is 0 Å². The number of halogens is 1. The van der Waals surface area contributed by atoms with Gasteiger partial charge in [-0.1, -0.05) is 36.6 Å². The Balaban J connectivity index is 1.91. The van der Waals surface area contributed by atoms with Crippen LogP contribution >= 0.6 is 11.6 Å². The Bertz CT molecular complexity index is 562. The molecule has 0 heterocycles. The van der Waals surface area contributed by atoms with E-state index >= 15 is 0 Å². The number of carboxylic acid groups (broad SMARTS) is 1. The van der Waals surface area contributed by atoms with E-state index in [0.29, 0.717) is 17.9 Å². The van der Waals surface area contributed by atoms with Gasteiger partial charge < -0.3 is 10.4 Å². The minimum absolute atomic E-state index is 0.182. The number of hydrogen-bond donors (Lipinski definition) is 2. The molecule has 1 fully saturated rings. The summed E-state index contributed by atoms with van der Waals surface area (Å²) in [5.74, 6) is -1.11. The molecule has 0 bridgehead atoms. The Kier molecular flexibility index (Phi) is 5.02. The molecule has 2 N–H and O–H groups in total. The second kappa shape index (κ2) is 6.76. The third kappa shape index (κ3) is 4.08. The zero-order valence-electron chi connectivity index (χ0n) is 11.6.